The van der Waals surface area contributed by atoms with E-state index < -0.39 is 128 Å². The molecule has 8 fully saturated rings. The van der Waals surface area contributed by atoms with Gasteiger partial charge in [-0.25, -0.2) is 0 Å². The van der Waals surface area contributed by atoms with E-state index in [2.05, 4.69) is 41.5 Å². The Balaban J connectivity index is 1.02. The van der Waals surface area contributed by atoms with Crippen LogP contribution in [0.15, 0.2) is 0 Å². The third-order valence-corrected chi connectivity index (χ3v) is 18.9. The normalized spacial score (nSPS) is 57.3. The van der Waals surface area contributed by atoms with E-state index in [1.54, 1.807) is 0 Å². The molecule has 0 aromatic heterocycles. The molecule has 4 saturated heterocycles. The summed E-state index contributed by atoms with van der Waals surface area (Å²) in [6, 6.07) is 0. The zero-order valence-electron chi connectivity index (χ0n) is 38.7. The molecule has 18 nitrogen and oxygen atoms in total. The van der Waals surface area contributed by atoms with Gasteiger partial charge in [-0.2, -0.15) is 0 Å². The minimum Gasteiger partial charge on any atom is -0.393 e. The van der Waals surface area contributed by atoms with Gasteiger partial charge in [0.1, 0.15) is 67.1 Å². The molecule has 0 spiro atoms. The Hall–Kier alpha value is -0.720. The molecule has 8 rings (SSSR count). The highest BCUT2D eigenvalue weighted by Crippen LogP contribution is 2.76. The first-order chi connectivity index (χ1) is 29.7. The third kappa shape index (κ3) is 7.86. The van der Waals surface area contributed by atoms with Crippen molar-refractivity contribution in [1.82, 2.24) is 0 Å². The first kappa shape index (κ1) is 49.7. The fourth-order valence-corrected chi connectivity index (χ4v) is 15.2. The summed E-state index contributed by atoms with van der Waals surface area (Å²) < 4.78 is 42.7. The minimum atomic E-state index is -1.71. The Bertz CT molecular complexity index is 1650. The average Bonchev–Trinajstić information content (AvgIpc) is 3.61. The van der Waals surface area contributed by atoms with E-state index in [0.29, 0.717) is 19.3 Å². The molecule has 1 unspecified atom stereocenters. The lowest BCUT2D eigenvalue weighted by molar-refractivity contribution is -0.375. The average molecular weight is 919 g/mol. The molecule has 25 atom stereocenters. The number of hydrogen-bond donors (Lipinski definition) is 11. The van der Waals surface area contributed by atoms with Gasteiger partial charge < -0.3 is 89.3 Å². The van der Waals surface area contributed by atoms with Crippen molar-refractivity contribution in [2.45, 2.75) is 222 Å². The lowest BCUT2D eigenvalue weighted by Crippen LogP contribution is -2.68. The second kappa shape index (κ2) is 17.3. The van der Waals surface area contributed by atoms with Gasteiger partial charge in [0.25, 0.3) is 0 Å². The molecule has 4 aliphatic heterocycles. The lowest BCUT2D eigenvalue weighted by Gasteiger charge is -2.71. The molecule has 11 N–H and O–H groups in total. The largest absolute Gasteiger partial charge is 0.393 e. The van der Waals surface area contributed by atoms with E-state index in [4.69, 9.17) is 33.2 Å². The van der Waals surface area contributed by atoms with Crippen LogP contribution < -0.4 is 0 Å². The van der Waals surface area contributed by atoms with Crippen LogP contribution in [0.3, 0.4) is 0 Å². The molecule has 8 aliphatic rings. The molecule has 0 radical (unpaired) electrons. The van der Waals surface area contributed by atoms with Gasteiger partial charge in [-0.05, 0) is 111 Å². The maximum atomic E-state index is 12.4. The summed E-state index contributed by atoms with van der Waals surface area (Å²) in [5, 5.41) is 119. The van der Waals surface area contributed by atoms with Crippen LogP contribution in [0.1, 0.15) is 107 Å². The summed E-state index contributed by atoms with van der Waals surface area (Å²) in [5.41, 5.74) is -2.78. The van der Waals surface area contributed by atoms with Crippen LogP contribution in [0.2, 0.25) is 0 Å². The Labute approximate surface area is 376 Å². The van der Waals surface area contributed by atoms with Gasteiger partial charge in [-0.15, -0.1) is 0 Å². The van der Waals surface area contributed by atoms with Crippen molar-refractivity contribution in [2.75, 3.05) is 19.8 Å². The maximum Gasteiger partial charge on any atom is 0.187 e. The first-order valence-electron chi connectivity index (χ1n) is 23.7. The van der Waals surface area contributed by atoms with Gasteiger partial charge in [0, 0.05) is 6.42 Å². The van der Waals surface area contributed by atoms with Gasteiger partial charge >= 0.3 is 0 Å². The fourth-order valence-electron chi connectivity index (χ4n) is 15.2. The number of ether oxygens (including phenoxy) is 7. The predicted molar refractivity (Wildman–Crippen MR) is 222 cm³/mol. The highest BCUT2D eigenvalue weighted by atomic mass is 16.8. The van der Waals surface area contributed by atoms with Gasteiger partial charge in [0.15, 0.2) is 18.9 Å². The monoisotopic (exact) mass is 919 g/mol. The van der Waals surface area contributed by atoms with Gasteiger partial charge in [0.05, 0.1) is 49.3 Å². The molecule has 0 amide bonds. The summed E-state index contributed by atoms with van der Waals surface area (Å²) in [5.74, 6) is 0.189. The number of fused-ring (bicyclic) bond motifs is 5. The molecule has 18 heteroatoms. The van der Waals surface area contributed by atoms with Crippen molar-refractivity contribution in [3.63, 3.8) is 0 Å². The topological polar surface area (TPSA) is 287 Å². The first-order valence-corrected chi connectivity index (χ1v) is 23.7. The summed E-state index contributed by atoms with van der Waals surface area (Å²) >= 11 is 0. The Morgan fingerprint density at radius 3 is 1.81 bits per heavy atom. The van der Waals surface area contributed by atoms with Crippen LogP contribution in [-0.4, -0.2) is 192 Å². The zero-order valence-corrected chi connectivity index (χ0v) is 38.7. The second-order valence-electron chi connectivity index (χ2n) is 23.1. The van der Waals surface area contributed by atoms with Crippen molar-refractivity contribution in [1.29, 1.82) is 0 Å². The summed E-state index contributed by atoms with van der Waals surface area (Å²) in [6.45, 7) is 16.1. The van der Waals surface area contributed by atoms with Gasteiger partial charge in [-0.1, -0.05) is 34.6 Å². The van der Waals surface area contributed by atoms with Crippen molar-refractivity contribution >= 4 is 0 Å². The third-order valence-electron chi connectivity index (χ3n) is 18.9. The highest BCUT2D eigenvalue weighted by Gasteiger charge is 2.72. The van der Waals surface area contributed by atoms with Crippen molar-refractivity contribution in [2.24, 2.45) is 45.3 Å². The van der Waals surface area contributed by atoms with Crippen LogP contribution in [-0.2, 0) is 33.2 Å². The molecule has 0 aromatic rings. The molecule has 64 heavy (non-hydrogen) atoms. The van der Waals surface area contributed by atoms with E-state index in [-0.39, 0.29) is 53.1 Å². The number of aliphatic hydroxyl groups is 11. The van der Waals surface area contributed by atoms with Crippen molar-refractivity contribution in [3.8, 4) is 0 Å². The number of aliphatic hydroxyl groups excluding tert-OH is 11. The van der Waals surface area contributed by atoms with Crippen LogP contribution in [0, 0.1) is 45.3 Å². The van der Waals surface area contributed by atoms with Crippen LogP contribution in [0.4, 0.5) is 0 Å². The Morgan fingerprint density at radius 2 is 1.17 bits per heavy atom. The van der Waals surface area contributed by atoms with E-state index in [1.807, 2.05) is 13.8 Å². The summed E-state index contributed by atoms with van der Waals surface area (Å²) in [6.07, 6.45) is -16.9. The highest BCUT2D eigenvalue weighted by molar-refractivity contribution is 5.21. The van der Waals surface area contributed by atoms with Crippen LogP contribution >= 0.6 is 0 Å². The number of hydrogen-bond acceptors (Lipinski definition) is 18. The molecule has 4 saturated carbocycles. The lowest BCUT2D eigenvalue weighted by atomic mass is 9.35. The zero-order chi connectivity index (χ0) is 46.9. The molecular formula is C46H78O18. The molecule has 0 aromatic carbocycles. The standard InChI is InChI=1S/C46H78O18/c1-41(2)26-10-14-44(6)27(15-21(47)29-20(9-13-45(29,44)7)46(8)16-22(48)37(57)42(3,4)64-46)43(26,5)12-11-28(41)62-40-36(63-39-35(56)31(52)24(50)18-59-39)33(54)32(53)25(61-40)19-60-38-34(55)30(51)23(49)17-58-38/h20-40,47-57H,9-19H2,1-8H3/t20-,21+,22-,23+,24+,25+,26?,27+,28-,29-,30-,31-,32+,33-,34+,35+,36+,37+,38-,39-,40-,43-,44+,45+,46-/m0/s1. The minimum absolute atomic E-state index is 0.0141. The van der Waals surface area contributed by atoms with E-state index >= 15 is 0 Å². The molecule has 0 bridgehead atoms. The van der Waals surface area contributed by atoms with Crippen LogP contribution in [0.25, 0.3) is 0 Å². The number of rotatable bonds is 8. The SMILES string of the molecule is CC1(C)O[C@](C)([C@H]2CC[C@]3(C)[C@@H]2[C@H](O)C[C@@H]2[C@@]4(C)CC[C@H](O[C@@H]5O[C@H](CO[C@@H]6OC[C@@H](O)[C@H](O)[C@H]6O)[C@@H](O)[C@H](O)[C@H]5O[C@@H]5OC[C@@H](O)[C@H](O)[C@H]5O)C(C)(C)C4CC[C@]23C)C[C@H](O)[C@H]1O. The molecule has 4 aliphatic carbocycles. The van der Waals surface area contributed by atoms with E-state index in [0.717, 1.165) is 32.1 Å². The Morgan fingerprint density at radius 1 is 0.562 bits per heavy atom. The van der Waals surface area contributed by atoms with Gasteiger partial charge in [-0.3, -0.25) is 0 Å². The molecular weight excluding hydrogens is 840 g/mol. The maximum absolute atomic E-state index is 12.4. The van der Waals surface area contributed by atoms with Gasteiger partial charge in [0.2, 0.25) is 0 Å². The molecule has 370 valence electrons. The second-order valence-corrected chi connectivity index (χ2v) is 23.1. The fraction of sp³-hybridized carbons (Fsp3) is 1.00. The van der Waals surface area contributed by atoms with Crippen molar-refractivity contribution < 1.29 is 89.3 Å². The summed E-state index contributed by atoms with van der Waals surface area (Å²) in [7, 11) is 0. The smallest absolute Gasteiger partial charge is 0.187 e. The van der Waals surface area contributed by atoms with E-state index in [9.17, 15) is 56.2 Å². The quantitative estimate of drug-likeness (QED) is 0.136. The van der Waals surface area contributed by atoms with E-state index in [1.165, 1.54) is 0 Å². The Kier molecular flexibility index (Phi) is 13.4. The molecule has 4 heterocycles. The summed E-state index contributed by atoms with van der Waals surface area (Å²) in [4.78, 5) is 0. The predicted octanol–water partition coefficient (Wildman–Crippen LogP) is -0.567. The van der Waals surface area contributed by atoms with Crippen LogP contribution in [0.5, 0.6) is 0 Å². The van der Waals surface area contributed by atoms with Crippen molar-refractivity contribution in [3.05, 3.63) is 0 Å².